The fourth-order valence-electron chi connectivity index (χ4n) is 3.48. The molecule has 0 saturated heterocycles. The molecule has 0 fully saturated rings. The Hall–Kier alpha value is -3.98. The lowest BCUT2D eigenvalue weighted by molar-refractivity contribution is -0.119. The average molecular weight is 493 g/mol. The highest BCUT2D eigenvalue weighted by molar-refractivity contribution is 7.92. The van der Waals surface area contributed by atoms with Gasteiger partial charge in [-0.25, -0.2) is 13.8 Å². The zero-order chi connectivity index (χ0) is 25.6. The van der Waals surface area contributed by atoms with Gasteiger partial charge in [0.15, 0.2) is 0 Å². The number of benzene rings is 3. The maximum absolute atomic E-state index is 13.5. The van der Waals surface area contributed by atoms with Crippen LogP contribution in [0.15, 0.2) is 82.8 Å². The number of rotatable bonds is 8. The normalized spacial score (nSPS) is 11.6. The lowest BCUT2D eigenvalue weighted by Crippen LogP contribution is -2.40. The van der Waals surface area contributed by atoms with Crippen molar-refractivity contribution in [2.75, 3.05) is 16.2 Å². The molecular weight excluding hydrogens is 464 g/mol. The Balaban J connectivity index is 1.83. The minimum Gasteiger partial charge on any atom is -0.326 e. The van der Waals surface area contributed by atoms with Crippen molar-refractivity contribution in [2.24, 2.45) is 5.10 Å². The second-order valence-corrected chi connectivity index (χ2v) is 9.97. The number of nitrogens with zero attached hydrogens (tertiary/aromatic N) is 2. The van der Waals surface area contributed by atoms with Crippen LogP contribution in [0, 0.1) is 13.8 Å². The Kier molecular flexibility index (Phi) is 8.03. The third-order valence-electron chi connectivity index (χ3n) is 5.21. The number of hydrazone groups is 1. The summed E-state index contributed by atoms with van der Waals surface area (Å²) in [6.45, 7) is 6.42. The first-order valence-corrected chi connectivity index (χ1v) is 12.4. The summed E-state index contributed by atoms with van der Waals surface area (Å²) in [6, 6.07) is 20.3. The molecule has 0 unspecified atom stereocenters. The predicted molar refractivity (Wildman–Crippen MR) is 138 cm³/mol. The van der Waals surface area contributed by atoms with Crippen molar-refractivity contribution in [2.45, 2.75) is 32.6 Å². The van der Waals surface area contributed by atoms with Crippen LogP contribution in [0.2, 0.25) is 0 Å². The van der Waals surface area contributed by atoms with E-state index in [2.05, 4.69) is 15.8 Å². The first kappa shape index (κ1) is 25.6. The molecular formula is C26H28N4O4S. The van der Waals surface area contributed by atoms with Crippen LogP contribution in [0.5, 0.6) is 0 Å². The first-order valence-electron chi connectivity index (χ1n) is 10.9. The summed E-state index contributed by atoms with van der Waals surface area (Å²) in [7, 11) is -4.00. The van der Waals surface area contributed by atoms with Crippen LogP contribution in [0.4, 0.5) is 11.4 Å². The molecule has 0 aliphatic carbocycles. The molecule has 0 aromatic heterocycles. The summed E-state index contributed by atoms with van der Waals surface area (Å²) in [5, 5.41) is 6.81. The highest BCUT2D eigenvalue weighted by Crippen LogP contribution is 2.27. The quantitative estimate of drug-likeness (QED) is 0.366. The van der Waals surface area contributed by atoms with E-state index in [4.69, 9.17) is 0 Å². The van der Waals surface area contributed by atoms with Gasteiger partial charge in [0, 0.05) is 12.6 Å². The Labute approximate surface area is 205 Å². The molecule has 3 aromatic rings. The van der Waals surface area contributed by atoms with Crippen LogP contribution >= 0.6 is 0 Å². The monoisotopic (exact) mass is 492 g/mol. The summed E-state index contributed by atoms with van der Waals surface area (Å²) in [6.07, 6.45) is 0. The van der Waals surface area contributed by atoms with E-state index in [0.717, 1.165) is 21.0 Å². The van der Waals surface area contributed by atoms with E-state index < -0.39 is 22.5 Å². The highest BCUT2D eigenvalue weighted by Gasteiger charge is 2.28. The van der Waals surface area contributed by atoms with Gasteiger partial charge in [-0.3, -0.25) is 13.9 Å². The van der Waals surface area contributed by atoms with Gasteiger partial charge in [-0.2, -0.15) is 5.10 Å². The molecule has 0 radical (unpaired) electrons. The van der Waals surface area contributed by atoms with Gasteiger partial charge in [0.1, 0.15) is 6.54 Å². The maximum Gasteiger partial charge on any atom is 0.264 e. The molecule has 0 bridgehead atoms. The third-order valence-corrected chi connectivity index (χ3v) is 6.98. The van der Waals surface area contributed by atoms with E-state index in [1.54, 1.807) is 68.4 Å². The zero-order valence-electron chi connectivity index (χ0n) is 20.1. The van der Waals surface area contributed by atoms with Gasteiger partial charge in [-0.1, -0.05) is 48.0 Å². The number of anilines is 2. The third kappa shape index (κ3) is 6.54. The molecule has 0 atom stereocenters. The van der Waals surface area contributed by atoms with Gasteiger partial charge in [0.25, 0.3) is 15.9 Å². The van der Waals surface area contributed by atoms with Crippen molar-refractivity contribution < 1.29 is 18.0 Å². The average Bonchev–Trinajstić information content (AvgIpc) is 2.82. The molecule has 0 saturated carbocycles. The zero-order valence-corrected chi connectivity index (χ0v) is 20.9. The minimum atomic E-state index is -4.00. The molecule has 3 rings (SSSR count). The topological polar surface area (TPSA) is 108 Å². The van der Waals surface area contributed by atoms with Crippen molar-refractivity contribution in [3.63, 3.8) is 0 Å². The van der Waals surface area contributed by atoms with Crippen LogP contribution in [0.25, 0.3) is 0 Å². The van der Waals surface area contributed by atoms with E-state index in [1.165, 1.54) is 19.1 Å². The molecule has 0 aliphatic rings. The number of hydrogen-bond acceptors (Lipinski definition) is 5. The van der Waals surface area contributed by atoms with Crippen molar-refractivity contribution in [3.8, 4) is 0 Å². The van der Waals surface area contributed by atoms with E-state index in [0.29, 0.717) is 17.1 Å². The summed E-state index contributed by atoms with van der Waals surface area (Å²) in [5.74, 6) is -0.757. The Morgan fingerprint density at radius 2 is 1.57 bits per heavy atom. The molecule has 2 amide bonds. The van der Waals surface area contributed by atoms with Crippen LogP contribution in [0.1, 0.15) is 30.5 Å². The largest absolute Gasteiger partial charge is 0.326 e. The molecule has 0 heterocycles. The summed E-state index contributed by atoms with van der Waals surface area (Å²) < 4.78 is 28.0. The van der Waals surface area contributed by atoms with Crippen LogP contribution < -0.4 is 15.0 Å². The maximum atomic E-state index is 13.5. The minimum absolute atomic E-state index is 0.0896. The Morgan fingerprint density at radius 3 is 2.17 bits per heavy atom. The van der Waals surface area contributed by atoms with Crippen LogP contribution in [-0.4, -0.2) is 32.5 Å². The van der Waals surface area contributed by atoms with Gasteiger partial charge >= 0.3 is 0 Å². The van der Waals surface area contributed by atoms with E-state index in [1.807, 2.05) is 13.0 Å². The number of hydrogen-bond donors (Lipinski definition) is 2. The van der Waals surface area contributed by atoms with Crippen molar-refractivity contribution >= 4 is 38.9 Å². The summed E-state index contributed by atoms with van der Waals surface area (Å²) in [4.78, 5) is 24.1. The van der Waals surface area contributed by atoms with Gasteiger partial charge < -0.3 is 5.32 Å². The lowest BCUT2D eigenvalue weighted by Gasteiger charge is -2.25. The van der Waals surface area contributed by atoms with E-state index >= 15 is 0 Å². The molecule has 182 valence electrons. The number of aryl methyl sites for hydroxylation is 2. The second-order valence-electron chi connectivity index (χ2n) is 8.11. The van der Waals surface area contributed by atoms with Crippen molar-refractivity contribution in [1.29, 1.82) is 0 Å². The highest BCUT2D eigenvalue weighted by atomic mass is 32.2. The van der Waals surface area contributed by atoms with Gasteiger partial charge in [-0.15, -0.1) is 0 Å². The predicted octanol–water partition coefficient (Wildman–Crippen LogP) is 4.00. The number of sulfonamides is 1. The fraction of sp³-hybridized carbons (Fsp3) is 0.192. The molecule has 0 spiro atoms. The summed E-state index contributed by atoms with van der Waals surface area (Å²) in [5.41, 5.74) is 6.50. The Bertz CT molecular complexity index is 1350. The number of carbonyl (C=O) groups is 2. The molecule has 8 nitrogen and oxygen atoms in total. The van der Waals surface area contributed by atoms with Gasteiger partial charge in [0.05, 0.1) is 16.3 Å². The second kappa shape index (κ2) is 11.0. The van der Waals surface area contributed by atoms with Crippen LogP contribution in [-0.2, 0) is 19.6 Å². The number of carbonyl (C=O) groups excluding carboxylic acids is 2. The lowest BCUT2D eigenvalue weighted by atomic mass is 10.1. The van der Waals surface area contributed by atoms with Crippen LogP contribution in [0.3, 0.4) is 0 Å². The first-order chi connectivity index (χ1) is 16.6. The van der Waals surface area contributed by atoms with E-state index in [-0.39, 0.29) is 10.8 Å². The van der Waals surface area contributed by atoms with Crippen molar-refractivity contribution in [1.82, 2.24) is 5.43 Å². The smallest absolute Gasteiger partial charge is 0.264 e. The number of amides is 2. The fourth-order valence-corrected chi connectivity index (χ4v) is 4.99. The van der Waals surface area contributed by atoms with E-state index in [9.17, 15) is 18.0 Å². The molecule has 9 heteroatoms. The standard InChI is InChI=1S/C26H28N4O4S/c1-18-10-15-25(19(2)16-18)30(35(33,34)24-8-6-5-7-9-24)17-26(32)29-28-20(3)22-11-13-23(14-12-22)27-21(4)31/h5-16H,17H2,1-4H3,(H,27,31)(H,29,32)/b28-20+. The molecule has 0 aliphatic heterocycles. The SMILES string of the molecule is CC(=O)Nc1ccc(/C(C)=N/NC(=O)CN(c2ccc(C)cc2C)S(=O)(=O)c2ccccc2)cc1. The number of nitrogens with one attached hydrogen (secondary N) is 2. The molecule has 2 N–H and O–H groups in total. The Morgan fingerprint density at radius 1 is 0.914 bits per heavy atom. The summed E-state index contributed by atoms with van der Waals surface area (Å²) >= 11 is 0. The van der Waals surface area contributed by atoms with Gasteiger partial charge in [-0.05, 0) is 62.2 Å². The molecule has 35 heavy (non-hydrogen) atoms. The van der Waals surface area contributed by atoms with Crippen molar-refractivity contribution in [3.05, 3.63) is 89.5 Å². The molecule has 3 aromatic carbocycles. The van der Waals surface area contributed by atoms with Gasteiger partial charge in [0.2, 0.25) is 5.91 Å².